The van der Waals surface area contributed by atoms with Gasteiger partial charge in [0.25, 0.3) is 0 Å². The number of fused-ring (bicyclic) bond motifs is 1. The van der Waals surface area contributed by atoms with Gasteiger partial charge in [-0.25, -0.2) is 4.68 Å². The normalized spacial score (nSPS) is 10.9. The van der Waals surface area contributed by atoms with E-state index in [-0.39, 0.29) is 12.3 Å². The quantitative estimate of drug-likeness (QED) is 0.596. The number of benzene rings is 1. The van der Waals surface area contributed by atoms with Gasteiger partial charge in [-0.05, 0) is 24.3 Å². The maximum absolute atomic E-state index is 12.1. The lowest BCUT2D eigenvalue weighted by atomic mass is 10.1. The van der Waals surface area contributed by atoms with E-state index in [1.54, 1.807) is 23.3 Å². The molecule has 1 amide bonds. The van der Waals surface area contributed by atoms with E-state index in [0.29, 0.717) is 23.5 Å². The van der Waals surface area contributed by atoms with E-state index in [1.165, 1.54) is 0 Å². The Morgan fingerprint density at radius 3 is 2.88 bits per heavy atom. The second-order valence-corrected chi connectivity index (χ2v) is 5.44. The highest BCUT2D eigenvalue weighted by molar-refractivity contribution is 5.86. The number of nitrogens with one attached hydrogen (secondary N) is 1. The Balaban J connectivity index is 1.38. The van der Waals surface area contributed by atoms with Crippen LogP contribution in [0.3, 0.4) is 0 Å². The van der Waals surface area contributed by atoms with E-state index >= 15 is 0 Å². The minimum Gasteiger partial charge on any atom is -0.356 e. The number of pyridine rings is 1. The van der Waals surface area contributed by atoms with Gasteiger partial charge in [0.2, 0.25) is 5.91 Å². The summed E-state index contributed by atoms with van der Waals surface area (Å²) in [6, 6.07) is 11.1. The maximum atomic E-state index is 12.1. The van der Waals surface area contributed by atoms with Crippen molar-refractivity contribution in [2.24, 2.45) is 0 Å². The molecule has 0 fully saturated rings. The number of amides is 1. The summed E-state index contributed by atoms with van der Waals surface area (Å²) in [6.45, 7) is 0.291. The average molecular weight is 334 g/mol. The first kappa shape index (κ1) is 15.0. The molecule has 1 N–H and O–H groups in total. The first-order valence-corrected chi connectivity index (χ1v) is 7.71. The number of carbonyl (C=O) groups excluding carboxylic acids is 1. The van der Waals surface area contributed by atoms with Crippen LogP contribution in [-0.4, -0.2) is 31.0 Å². The molecule has 0 atom stereocenters. The summed E-state index contributed by atoms with van der Waals surface area (Å²) < 4.78 is 6.84. The highest BCUT2D eigenvalue weighted by Crippen LogP contribution is 2.18. The molecule has 0 bridgehead atoms. The molecule has 8 nitrogen and oxygen atoms in total. The summed E-state index contributed by atoms with van der Waals surface area (Å²) in [5.41, 5.74) is 2.81. The van der Waals surface area contributed by atoms with E-state index in [2.05, 4.69) is 25.8 Å². The number of aromatic nitrogens is 5. The van der Waals surface area contributed by atoms with Crippen molar-refractivity contribution in [3.05, 3.63) is 66.4 Å². The standard InChI is InChI=1S/C17H14N6O2/c24-17(9-15-14-3-1-2-4-16(14)25-21-15)19-10-12-11-23(22-20-12)13-5-7-18-8-6-13/h1-8,11H,9-10H2,(H,19,24). The highest BCUT2D eigenvalue weighted by Gasteiger charge is 2.12. The summed E-state index contributed by atoms with van der Waals surface area (Å²) in [5, 5.41) is 15.7. The van der Waals surface area contributed by atoms with E-state index < -0.39 is 0 Å². The van der Waals surface area contributed by atoms with Crippen LogP contribution in [0, 0.1) is 0 Å². The minimum absolute atomic E-state index is 0.148. The molecule has 3 aromatic heterocycles. The average Bonchev–Trinajstić information content (AvgIpc) is 3.28. The Bertz CT molecular complexity index is 1010. The Hall–Kier alpha value is -3.55. The Kier molecular flexibility index (Phi) is 3.91. The van der Waals surface area contributed by atoms with E-state index in [1.807, 2.05) is 36.4 Å². The zero-order chi connectivity index (χ0) is 17.1. The predicted octanol–water partition coefficient (Wildman–Crippen LogP) is 1.66. The molecule has 25 heavy (non-hydrogen) atoms. The summed E-state index contributed by atoms with van der Waals surface area (Å²) in [6.07, 6.45) is 5.28. The fraction of sp³-hybridized carbons (Fsp3) is 0.118. The zero-order valence-electron chi connectivity index (χ0n) is 13.2. The second kappa shape index (κ2) is 6.52. The topological polar surface area (TPSA) is 98.7 Å². The van der Waals surface area contributed by atoms with Crippen LogP contribution in [0.25, 0.3) is 16.7 Å². The number of rotatable bonds is 5. The SMILES string of the molecule is O=C(Cc1noc2ccccc12)NCc1cn(-c2ccncc2)nn1. The van der Waals surface area contributed by atoms with Gasteiger partial charge in [0.05, 0.1) is 24.8 Å². The molecule has 0 radical (unpaired) electrons. The second-order valence-electron chi connectivity index (χ2n) is 5.44. The van der Waals surface area contributed by atoms with Gasteiger partial charge in [0.1, 0.15) is 11.4 Å². The van der Waals surface area contributed by atoms with Crippen molar-refractivity contribution >= 4 is 16.9 Å². The Labute approximate surface area is 142 Å². The molecule has 0 spiro atoms. The molecule has 1 aromatic carbocycles. The molecule has 124 valence electrons. The van der Waals surface area contributed by atoms with Gasteiger partial charge >= 0.3 is 0 Å². The Morgan fingerprint density at radius 2 is 2.00 bits per heavy atom. The number of nitrogens with zero attached hydrogens (tertiary/aromatic N) is 5. The van der Waals surface area contributed by atoms with Crippen molar-refractivity contribution in [2.45, 2.75) is 13.0 Å². The number of para-hydroxylation sites is 1. The van der Waals surface area contributed by atoms with Gasteiger partial charge in [0, 0.05) is 17.8 Å². The minimum atomic E-state index is -0.155. The molecule has 0 aliphatic rings. The van der Waals surface area contributed by atoms with Crippen LogP contribution < -0.4 is 5.32 Å². The third-order valence-corrected chi connectivity index (χ3v) is 3.71. The largest absolute Gasteiger partial charge is 0.356 e. The molecule has 0 saturated carbocycles. The van der Waals surface area contributed by atoms with Gasteiger partial charge in [-0.3, -0.25) is 9.78 Å². The van der Waals surface area contributed by atoms with E-state index in [9.17, 15) is 4.79 Å². The summed E-state index contributed by atoms with van der Waals surface area (Å²) >= 11 is 0. The van der Waals surface area contributed by atoms with Crippen molar-refractivity contribution in [3.63, 3.8) is 0 Å². The highest BCUT2D eigenvalue weighted by atomic mass is 16.5. The molecular weight excluding hydrogens is 320 g/mol. The molecule has 4 aromatic rings. The van der Waals surface area contributed by atoms with Gasteiger partial charge < -0.3 is 9.84 Å². The summed E-state index contributed by atoms with van der Waals surface area (Å²) in [5.74, 6) is -0.155. The first-order chi connectivity index (χ1) is 12.3. The van der Waals surface area contributed by atoms with Crippen molar-refractivity contribution < 1.29 is 9.32 Å². The van der Waals surface area contributed by atoms with Crippen molar-refractivity contribution in [1.82, 2.24) is 30.5 Å². The van der Waals surface area contributed by atoms with Crippen LogP contribution in [0.15, 0.2) is 59.5 Å². The number of hydrogen-bond donors (Lipinski definition) is 1. The molecule has 0 saturated heterocycles. The molecule has 4 rings (SSSR count). The summed E-state index contributed by atoms with van der Waals surface area (Å²) in [7, 11) is 0. The van der Waals surface area contributed by atoms with E-state index in [4.69, 9.17) is 4.52 Å². The third-order valence-electron chi connectivity index (χ3n) is 3.71. The Morgan fingerprint density at radius 1 is 1.16 bits per heavy atom. The number of carbonyl (C=O) groups is 1. The van der Waals surface area contributed by atoms with Gasteiger partial charge in [-0.15, -0.1) is 5.10 Å². The van der Waals surface area contributed by atoms with Crippen LogP contribution in [0.5, 0.6) is 0 Å². The van der Waals surface area contributed by atoms with Gasteiger partial charge in [0.15, 0.2) is 5.58 Å². The lowest BCUT2D eigenvalue weighted by Crippen LogP contribution is -2.24. The third kappa shape index (κ3) is 3.23. The summed E-state index contributed by atoms with van der Waals surface area (Å²) in [4.78, 5) is 16.1. The first-order valence-electron chi connectivity index (χ1n) is 7.71. The molecular formula is C17H14N6O2. The van der Waals surface area contributed by atoms with Crippen molar-refractivity contribution in [3.8, 4) is 5.69 Å². The van der Waals surface area contributed by atoms with Gasteiger partial charge in [-0.2, -0.15) is 0 Å². The van der Waals surface area contributed by atoms with Crippen LogP contribution in [-0.2, 0) is 17.8 Å². The van der Waals surface area contributed by atoms with Gasteiger partial charge in [-0.1, -0.05) is 22.5 Å². The number of hydrogen-bond acceptors (Lipinski definition) is 6. The maximum Gasteiger partial charge on any atom is 0.226 e. The van der Waals surface area contributed by atoms with Crippen LogP contribution in [0.4, 0.5) is 0 Å². The smallest absolute Gasteiger partial charge is 0.226 e. The van der Waals surface area contributed by atoms with Crippen molar-refractivity contribution in [2.75, 3.05) is 0 Å². The van der Waals surface area contributed by atoms with Crippen LogP contribution in [0.1, 0.15) is 11.4 Å². The molecule has 0 aliphatic heterocycles. The van der Waals surface area contributed by atoms with Crippen LogP contribution in [0.2, 0.25) is 0 Å². The predicted molar refractivity (Wildman–Crippen MR) is 88.7 cm³/mol. The monoisotopic (exact) mass is 334 g/mol. The van der Waals surface area contributed by atoms with Crippen LogP contribution >= 0.6 is 0 Å². The lowest BCUT2D eigenvalue weighted by molar-refractivity contribution is -0.120. The zero-order valence-corrected chi connectivity index (χ0v) is 13.2. The lowest BCUT2D eigenvalue weighted by Gasteiger charge is -2.01. The van der Waals surface area contributed by atoms with E-state index in [0.717, 1.165) is 11.1 Å². The molecule has 0 aliphatic carbocycles. The fourth-order valence-electron chi connectivity index (χ4n) is 2.47. The molecule has 0 unspecified atom stereocenters. The molecule has 3 heterocycles. The molecule has 8 heteroatoms. The fourth-order valence-corrected chi connectivity index (χ4v) is 2.47. The van der Waals surface area contributed by atoms with Crippen molar-refractivity contribution in [1.29, 1.82) is 0 Å².